The molecule has 14 heteroatoms. The van der Waals surface area contributed by atoms with E-state index >= 15 is 0 Å². The summed E-state index contributed by atoms with van der Waals surface area (Å²) in [6, 6.07) is 50.3. The molecule has 14 nitrogen and oxygen atoms in total. The third-order valence-electron chi connectivity index (χ3n) is 11.4. The molecule has 2 amide bonds. The van der Waals surface area contributed by atoms with Crippen LogP contribution in [-0.4, -0.2) is 38.9 Å². The van der Waals surface area contributed by atoms with Crippen LogP contribution < -0.4 is 36.6 Å². The van der Waals surface area contributed by atoms with Gasteiger partial charge in [-0.15, -0.1) is 0 Å². The maximum Gasteiger partial charge on any atom is 0.255 e. The minimum absolute atomic E-state index is 0.253. The van der Waals surface area contributed by atoms with E-state index in [1.807, 2.05) is 133 Å². The van der Waals surface area contributed by atoms with Crippen molar-refractivity contribution in [1.29, 1.82) is 5.26 Å². The lowest BCUT2D eigenvalue weighted by Gasteiger charge is -2.17. The predicted octanol–water partition coefficient (Wildman–Crippen LogP) is 12.6. The second-order valence-electron chi connectivity index (χ2n) is 16.0. The number of ether oxygens (including phenoxy) is 1. The Labute approximate surface area is 402 Å². The average Bonchev–Trinajstić information content (AvgIpc) is 3.40. The Balaban J connectivity index is 0.865. The molecule has 0 aliphatic carbocycles. The van der Waals surface area contributed by atoms with E-state index in [9.17, 15) is 14.9 Å². The number of aromatic nitrogens is 4. The highest BCUT2D eigenvalue weighted by molar-refractivity contribution is 6.07. The van der Waals surface area contributed by atoms with E-state index in [0.717, 1.165) is 61.9 Å². The lowest BCUT2D eigenvalue weighted by molar-refractivity contribution is 0.101. The van der Waals surface area contributed by atoms with Crippen molar-refractivity contribution in [1.82, 2.24) is 19.9 Å². The number of methoxy groups -OCH3 is 1. The van der Waals surface area contributed by atoms with Crippen LogP contribution in [0, 0.1) is 11.3 Å². The predicted molar refractivity (Wildman–Crippen MR) is 277 cm³/mol. The molecule has 0 radical (unpaired) electrons. The van der Waals surface area contributed by atoms with Crippen molar-refractivity contribution in [3.05, 3.63) is 212 Å². The Morgan fingerprint density at radius 1 is 0.457 bits per heavy atom. The number of fused-ring (bicyclic) bond motifs is 2. The van der Waals surface area contributed by atoms with Crippen molar-refractivity contribution < 1.29 is 14.3 Å². The van der Waals surface area contributed by atoms with Crippen molar-refractivity contribution in [3.8, 4) is 22.9 Å². The van der Waals surface area contributed by atoms with E-state index in [0.29, 0.717) is 50.4 Å². The fourth-order valence-corrected chi connectivity index (χ4v) is 7.93. The fraction of sp³-hybridized carbons (Fsp3) is 0.0179. The van der Waals surface area contributed by atoms with Crippen LogP contribution in [0.25, 0.3) is 32.9 Å². The quantitative estimate of drug-likeness (QED) is 0.0606. The molecule has 0 fully saturated rings. The topological polar surface area (TPSA) is 191 Å². The van der Waals surface area contributed by atoms with Crippen molar-refractivity contribution in [3.63, 3.8) is 0 Å². The summed E-state index contributed by atoms with van der Waals surface area (Å²) in [5, 5.41) is 31.9. The monoisotopic (exact) mass is 915 g/mol. The van der Waals surface area contributed by atoms with Gasteiger partial charge in [0.25, 0.3) is 11.8 Å². The average molecular weight is 916 g/mol. The zero-order valence-corrected chi connectivity index (χ0v) is 37.4. The van der Waals surface area contributed by atoms with E-state index in [-0.39, 0.29) is 11.8 Å². The Hall–Kier alpha value is -10.1. The first-order valence-corrected chi connectivity index (χ1v) is 22.1. The van der Waals surface area contributed by atoms with Crippen molar-refractivity contribution in [2.75, 3.05) is 39.0 Å². The molecule has 0 aliphatic rings. The molecule has 0 saturated heterocycles. The zero-order chi connectivity index (χ0) is 47.8. The summed E-state index contributed by atoms with van der Waals surface area (Å²) in [4.78, 5) is 44.5. The zero-order valence-electron chi connectivity index (χ0n) is 37.4. The SMILES string of the molecule is COc1ccc2nccc(Nc3ccc(NC(=O)c4ccc(-c5cc6nccc(Nc7ccc(C(=O)Nc8cccc(Nc9ccncc9)c8)cc7)c6cc5C#N)c(Nc5ccncc5)c4)cc3)c2c1. The smallest absolute Gasteiger partial charge is 0.255 e. The van der Waals surface area contributed by atoms with Gasteiger partial charge in [0.2, 0.25) is 0 Å². The van der Waals surface area contributed by atoms with E-state index in [1.54, 1.807) is 68.6 Å². The fourth-order valence-electron chi connectivity index (χ4n) is 7.93. The number of nitrogens with zero attached hydrogens (tertiary/aromatic N) is 5. The van der Waals surface area contributed by atoms with Gasteiger partial charge in [0.1, 0.15) is 5.75 Å². The number of carbonyl (C=O) groups is 2. The second-order valence-corrected chi connectivity index (χ2v) is 16.0. The van der Waals surface area contributed by atoms with Crippen LogP contribution in [0.3, 0.4) is 0 Å². The summed E-state index contributed by atoms with van der Waals surface area (Å²) < 4.78 is 5.43. The van der Waals surface area contributed by atoms with Gasteiger partial charge in [-0.2, -0.15) is 5.26 Å². The lowest BCUT2D eigenvalue weighted by Crippen LogP contribution is -2.12. The summed E-state index contributed by atoms with van der Waals surface area (Å²) >= 11 is 0. The summed E-state index contributed by atoms with van der Waals surface area (Å²) in [6.45, 7) is 0. The number of pyridine rings is 4. The van der Waals surface area contributed by atoms with Gasteiger partial charge in [-0.3, -0.25) is 29.5 Å². The molecule has 70 heavy (non-hydrogen) atoms. The highest BCUT2D eigenvalue weighted by atomic mass is 16.5. The number of benzene rings is 6. The molecule has 0 atom stereocenters. The maximum absolute atomic E-state index is 13.8. The van der Waals surface area contributed by atoms with Crippen LogP contribution >= 0.6 is 0 Å². The number of nitrogens with one attached hydrogen (secondary N) is 6. The Morgan fingerprint density at radius 3 is 1.70 bits per heavy atom. The van der Waals surface area contributed by atoms with Gasteiger partial charge >= 0.3 is 0 Å². The highest BCUT2D eigenvalue weighted by Gasteiger charge is 2.18. The molecule has 10 aromatic rings. The summed E-state index contributed by atoms with van der Waals surface area (Å²) in [6.07, 6.45) is 10.2. The first-order chi connectivity index (χ1) is 34.3. The molecule has 10 rings (SSSR count). The molecule has 4 aromatic heterocycles. The molecular formula is C56H41N11O3. The molecule has 6 aromatic carbocycles. The summed E-state index contributed by atoms with van der Waals surface area (Å²) in [7, 11) is 1.63. The molecule has 338 valence electrons. The number of anilines is 10. The molecular weight excluding hydrogens is 875 g/mol. The minimum Gasteiger partial charge on any atom is -0.497 e. The van der Waals surface area contributed by atoms with E-state index in [2.05, 4.69) is 52.9 Å². The summed E-state index contributed by atoms with van der Waals surface area (Å²) in [5.74, 6) is 0.162. The van der Waals surface area contributed by atoms with Crippen LogP contribution in [0.5, 0.6) is 5.75 Å². The van der Waals surface area contributed by atoms with Crippen molar-refractivity contribution in [2.45, 2.75) is 0 Å². The standard InChI is InChI=1S/C56H41N11O3/c1-70-45-14-16-50-49(32-45)52(21-27-60-50)64-39-10-12-40(13-11-39)66-56(69)36-7-15-46(54(30-36)65-42-19-25-59-26-20-42)47-33-53-48(29-37(47)34-57)51(22-28-61-53)63-38-8-5-35(6-9-38)55(68)67-44-4-2-3-43(31-44)62-41-17-23-58-24-18-41/h2-33H,1H3,(H,58,62)(H,59,65)(H,60,64)(H,61,63)(H,66,69)(H,67,68). The van der Waals surface area contributed by atoms with E-state index in [4.69, 9.17) is 9.72 Å². The molecule has 0 unspecified atom stereocenters. The number of hydrogen-bond acceptors (Lipinski definition) is 12. The van der Waals surface area contributed by atoms with Gasteiger partial charge in [0, 0.05) is 127 Å². The van der Waals surface area contributed by atoms with Gasteiger partial charge in [-0.25, -0.2) is 0 Å². The first kappa shape index (κ1) is 43.7. The third-order valence-corrected chi connectivity index (χ3v) is 11.4. The first-order valence-electron chi connectivity index (χ1n) is 22.1. The molecule has 4 heterocycles. The Morgan fingerprint density at radius 2 is 1.01 bits per heavy atom. The van der Waals surface area contributed by atoms with E-state index < -0.39 is 0 Å². The second kappa shape index (κ2) is 19.8. The van der Waals surface area contributed by atoms with Crippen molar-refractivity contribution in [2.24, 2.45) is 0 Å². The van der Waals surface area contributed by atoms with Gasteiger partial charge in [0.15, 0.2) is 0 Å². The molecule has 0 saturated carbocycles. The van der Waals surface area contributed by atoms with E-state index in [1.165, 1.54) is 0 Å². The van der Waals surface area contributed by atoms with Gasteiger partial charge in [-0.05, 0) is 146 Å². The summed E-state index contributed by atoms with van der Waals surface area (Å²) in [5.41, 5.74) is 11.5. The molecule has 0 bridgehead atoms. The number of hydrogen-bond donors (Lipinski definition) is 6. The number of rotatable bonds is 14. The van der Waals surface area contributed by atoms with Crippen LogP contribution in [0.1, 0.15) is 26.3 Å². The molecule has 6 N–H and O–H groups in total. The Kier molecular flexibility index (Phi) is 12.4. The van der Waals surface area contributed by atoms with Crippen LogP contribution in [0.4, 0.5) is 56.9 Å². The maximum atomic E-state index is 13.8. The normalized spacial score (nSPS) is 10.7. The van der Waals surface area contributed by atoms with Gasteiger partial charge < -0.3 is 36.6 Å². The lowest BCUT2D eigenvalue weighted by atomic mass is 9.94. The number of carbonyl (C=O) groups excluding carboxylic acids is 2. The minimum atomic E-state index is -0.317. The highest BCUT2D eigenvalue weighted by Crippen LogP contribution is 2.38. The molecule has 0 aliphatic heterocycles. The number of nitriles is 1. The van der Waals surface area contributed by atoms with Gasteiger partial charge in [-0.1, -0.05) is 12.1 Å². The molecule has 0 spiro atoms. The largest absolute Gasteiger partial charge is 0.497 e. The van der Waals surface area contributed by atoms with Crippen molar-refractivity contribution >= 4 is 90.5 Å². The number of amides is 2. The van der Waals surface area contributed by atoms with Crippen LogP contribution in [-0.2, 0) is 0 Å². The third kappa shape index (κ3) is 9.85. The Bertz CT molecular complexity index is 3590. The van der Waals surface area contributed by atoms with Gasteiger partial charge in [0.05, 0.1) is 29.8 Å². The van der Waals surface area contributed by atoms with Crippen LogP contribution in [0.2, 0.25) is 0 Å². The van der Waals surface area contributed by atoms with Crippen LogP contribution in [0.15, 0.2) is 195 Å².